The Morgan fingerprint density at radius 3 is 2.62 bits per heavy atom. The van der Waals surface area contributed by atoms with Crippen LogP contribution in [0.15, 0.2) is 46.2 Å². The highest BCUT2D eigenvalue weighted by Crippen LogP contribution is 2.15. The van der Waals surface area contributed by atoms with Crippen LogP contribution in [0.3, 0.4) is 0 Å². The number of rotatable bonds is 7. The van der Waals surface area contributed by atoms with E-state index in [2.05, 4.69) is 15.2 Å². The first-order valence-corrected chi connectivity index (χ1v) is 9.39. The van der Waals surface area contributed by atoms with Crippen molar-refractivity contribution in [1.82, 2.24) is 9.88 Å². The monoisotopic (exact) mass is 369 g/mol. The van der Waals surface area contributed by atoms with Crippen molar-refractivity contribution in [3.05, 3.63) is 69.6 Å². The molecule has 2 heterocycles. The lowest BCUT2D eigenvalue weighted by molar-refractivity contribution is -0.115. The first-order chi connectivity index (χ1) is 12.5. The molecular formula is C20H23N3O2S. The van der Waals surface area contributed by atoms with E-state index in [-0.39, 0.29) is 5.91 Å². The van der Waals surface area contributed by atoms with Gasteiger partial charge in [-0.2, -0.15) is 0 Å². The first kappa shape index (κ1) is 18.4. The second kappa shape index (κ2) is 8.29. The van der Waals surface area contributed by atoms with Crippen molar-refractivity contribution < 1.29 is 9.21 Å². The zero-order chi connectivity index (χ0) is 18.5. The summed E-state index contributed by atoms with van der Waals surface area (Å²) in [6, 6.07) is 11.7. The summed E-state index contributed by atoms with van der Waals surface area (Å²) in [6.45, 7) is 5.41. The molecule has 0 unspecified atom stereocenters. The van der Waals surface area contributed by atoms with Crippen LogP contribution in [0, 0.1) is 13.8 Å². The Balaban J connectivity index is 1.50. The fourth-order valence-electron chi connectivity index (χ4n) is 2.65. The highest BCUT2D eigenvalue weighted by atomic mass is 32.1. The highest BCUT2D eigenvalue weighted by molar-refractivity contribution is 7.09. The number of carbonyl (C=O) groups is 1. The zero-order valence-electron chi connectivity index (χ0n) is 15.3. The van der Waals surface area contributed by atoms with E-state index in [1.165, 1.54) is 16.9 Å². The fraction of sp³-hybridized carbons (Fsp3) is 0.300. The molecule has 1 N–H and O–H groups in total. The van der Waals surface area contributed by atoms with E-state index >= 15 is 0 Å². The largest absolute Gasteiger partial charge is 0.465 e. The van der Waals surface area contributed by atoms with Crippen molar-refractivity contribution >= 4 is 22.9 Å². The third kappa shape index (κ3) is 5.28. The van der Waals surface area contributed by atoms with E-state index in [0.717, 1.165) is 41.0 Å². The van der Waals surface area contributed by atoms with Crippen molar-refractivity contribution in [1.29, 1.82) is 0 Å². The summed E-state index contributed by atoms with van der Waals surface area (Å²) in [6.07, 6.45) is 0.291. The molecule has 1 amide bonds. The molecule has 3 rings (SSSR count). The Morgan fingerprint density at radius 2 is 1.92 bits per heavy atom. The Morgan fingerprint density at radius 1 is 1.15 bits per heavy atom. The van der Waals surface area contributed by atoms with Gasteiger partial charge in [0, 0.05) is 17.6 Å². The topological polar surface area (TPSA) is 58.4 Å². The van der Waals surface area contributed by atoms with Crippen LogP contribution in [-0.4, -0.2) is 22.8 Å². The van der Waals surface area contributed by atoms with Crippen LogP contribution in [-0.2, 0) is 24.3 Å². The molecule has 2 aromatic heterocycles. The predicted octanol–water partition coefficient (Wildman–Crippen LogP) is 4.17. The summed E-state index contributed by atoms with van der Waals surface area (Å²) in [5.74, 6) is 1.82. The number of benzene rings is 1. The molecule has 26 heavy (non-hydrogen) atoms. The standard InChI is InChI=1S/C20H23N3O2S/c1-14-4-7-16(8-5-14)21-19(24)10-20-22-17(13-26-20)11-23(3)12-18-9-6-15(2)25-18/h4-9,13H,10-12H2,1-3H3,(H,21,24). The van der Waals surface area contributed by atoms with Gasteiger partial charge in [-0.1, -0.05) is 17.7 Å². The predicted molar refractivity (Wildman–Crippen MR) is 104 cm³/mol. The van der Waals surface area contributed by atoms with Crippen molar-refractivity contribution in [2.45, 2.75) is 33.4 Å². The van der Waals surface area contributed by atoms with Crippen LogP contribution < -0.4 is 5.32 Å². The minimum absolute atomic E-state index is 0.0471. The minimum Gasteiger partial charge on any atom is -0.465 e. The van der Waals surface area contributed by atoms with E-state index < -0.39 is 0 Å². The van der Waals surface area contributed by atoms with Gasteiger partial charge in [0.2, 0.25) is 5.91 Å². The first-order valence-electron chi connectivity index (χ1n) is 8.51. The molecule has 0 saturated carbocycles. The summed E-state index contributed by atoms with van der Waals surface area (Å²) in [4.78, 5) is 18.9. The molecule has 0 bridgehead atoms. The molecule has 0 atom stereocenters. The van der Waals surface area contributed by atoms with Crippen molar-refractivity contribution in [2.24, 2.45) is 0 Å². The van der Waals surface area contributed by atoms with E-state index in [4.69, 9.17) is 4.42 Å². The number of nitrogens with one attached hydrogen (secondary N) is 1. The molecule has 136 valence electrons. The lowest BCUT2D eigenvalue weighted by atomic mass is 10.2. The quantitative estimate of drug-likeness (QED) is 0.679. The van der Waals surface area contributed by atoms with Crippen LogP contribution in [0.2, 0.25) is 0 Å². The fourth-order valence-corrected chi connectivity index (χ4v) is 3.43. The lowest BCUT2D eigenvalue weighted by Crippen LogP contribution is -2.17. The molecule has 1 aromatic carbocycles. The van der Waals surface area contributed by atoms with Crippen LogP contribution in [0.5, 0.6) is 0 Å². The summed E-state index contributed by atoms with van der Waals surface area (Å²) in [7, 11) is 2.03. The van der Waals surface area contributed by atoms with Gasteiger partial charge in [0.15, 0.2) is 0 Å². The third-order valence-corrected chi connectivity index (χ3v) is 4.80. The molecule has 0 aliphatic heterocycles. The van der Waals surface area contributed by atoms with Crippen LogP contribution >= 0.6 is 11.3 Å². The number of nitrogens with zero attached hydrogens (tertiary/aromatic N) is 2. The molecule has 5 nitrogen and oxygen atoms in total. The number of aromatic nitrogens is 1. The number of carbonyl (C=O) groups excluding carboxylic acids is 1. The number of amides is 1. The smallest absolute Gasteiger partial charge is 0.231 e. The zero-order valence-corrected chi connectivity index (χ0v) is 16.1. The Labute approximate surface area is 157 Å². The number of hydrogen-bond donors (Lipinski definition) is 1. The molecule has 0 aliphatic carbocycles. The number of hydrogen-bond acceptors (Lipinski definition) is 5. The number of furan rings is 1. The van der Waals surface area contributed by atoms with Crippen LogP contribution in [0.1, 0.15) is 27.8 Å². The van der Waals surface area contributed by atoms with E-state index in [1.807, 2.05) is 62.7 Å². The second-order valence-electron chi connectivity index (χ2n) is 6.51. The molecule has 0 fully saturated rings. The summed E-state index contributed by atoms with van der Waals surface area (Å²) in [5.41, 5.74) is 2.95. The summed E-state index contributed by atoms with van der Waals surface area (Å²) in [5, 5.41) is 5.75. The van der Waals surface area contributed by atoms with Gasteiger partial charge in [0.1, 0.15) is 16.5 Å². The van der Waals surface area contributed by atoms with Gasteiger partial charge in [-0.05, 0) is 45.2 Å². The molecule has 3 aromatic rings. The summed E-state index contributed by atoms with van der Waals surface area (Å²) >= 11 is 1.52. The molecule has 0 radical (unpaired) electrons. The van der Waals surface area contributed by atoms with Gasteiger partial charge in [-0.15, -0.1) is 11.3 Å². The second-order valence-corrected chi connectivity index (χ2v) is 7.45. The van der Waals surface area contributed by atoms with Gasteiger partial charge in [0.25, 0.3) is 0 Å². The maximum Gasteiger partial charge on any atom is 0.231 e. The van der Waals surface area contributed by atoms with Crippen molar-refractivity contribution in [3.63, 3.8) is 0 Å². The number of thiazole rings is 1. The number of aryl methyl sites for hydroxylation is 2. The van der Waals surface area contributed by atoms with E-state index in [0.29, 0.717) is 6.42 Å². The lowest BCUT2D eigenvalue weighted by Gasteiger charge is -2.13. The Hall–Kier alpha value is -2.44. The van der Waals surface area contributed by atoms with E-state index in [9.17, 15) is 4.79 Å². The van der Waals surface area contributed by atoms with Crippen LogP contribution in [0.25, 0.3) is 0 Å². The average molecular weight is 369 g/mol. The van der Waals surface area contributed by atoms with Crippen molar-refractivity contribution in [2.75, 3.05) is 12.4 Å². The van der Waals surface area contributed by atoms with Gasteiger partial charge in [-0.3, -0.25) is 9.69 Å². The number of anilines is 1. The normalized spacial score (nSPS) is 11.1. The van der Waals surface area contributed by atoms with Gasteiger partial charge in [-0.25, -0.2) is 4.98 Å². The molecule has 6 heteroatoms. The highest BCUT2D eigenvalue weighted by Gasteiger charge is 2.11. The minimum atomic E-state index is -0.0471. The van der Waals surface area contributed by atoms with Gasteiger partial charge >= 0.3 is 0 Å². The maximum absolute atomic E-state index is 12.2. The van der Waals surface area contributed by atoms with Gasteiger partial charge < -0.3 is 9.73 Å². The van der Waals surface area contributed by atoms with Gasteiger partial charge in [0.05, 0.1) is 18.7 Å². The average Bonchev–Trinajstić information content (AvgIpc) is 3.18. The SMILES string of the molecule is Cc1ccc(NC(=O)Cc2nc(CN(C)Cc3ccc(C)o3)cs2)cc1. The Kier molecular flexibility index (Phi) is 5.85. The molecule has 0 spiro atoms. The summed E-state index contributed by atoms with van der Waals surface area (Å²) < 4.78 is 5.60. The molecule has 0 saturated heterocycles. The molecular weight excluding hydrogens is 346 g/mol. The van der Waals surface area contributed by atoms with Crippen LogP contribution in [0.4, 0.5) is 5.69 Å². The third-order valence-electron chi connectivity index (χ3n) is 3.90. The van der Waals surface area contributed by atoms with E-state index in [1.54, 1.807) is 0 Å². The van der Waals surface area contributed by atoms with Crippen molar-refractivity contribution in [3.8, 4) is 0 Å². The maximum atomic E-state index is 12.2. The Bertz CT molecular complexity index is 867. The molecule has 0 aliphatic rings.